The van der Waals surface area contributed by atoms with Crippen molar-refractivity contribution in [2.45, 2.75) is 19.8 Å². The molecule has 1 heterocycles. The summed E-state index contributed by atoms with van der Waals surface area (Å²) in [7, 11) is 2.40. The van der Waals surface area contributed by atoms with Gasteiger partial charge in [0, 0.05) is 0 Å². The molecule has 0 radical (unpaired) electrons. The van der Waals surface area contributed by atoms with Crippen molar-refractivity contribution in [1.29, 1.82) is 5.26 Å². The van der Waals surface area contributed by atoms with E-state index >= 15 is 0 Å². The number of esters is 2. The summed E-state index contributed by atoms with van der Waals surface area (Å²) in [4.78, 5) is 27.4. The van der Waals surface area contributed by atoms with Crippen LogP contribution in [0.5, 0.6) is 0 Å². The molecule has 164 valence electrons. The molecule has 0 saturated heterocycles. The van der Waals surface area contributed by atoms with E-state index in [0.29, 0.717) is 21.8 Å². The molecule has 32 heavy (non-hydrogen) atoms. The second-order valence-electron chi connectivity index (χ2n) is 7.25. The lowest BCUT2D eigenvalue weighted by Gasteiger charge is -2.37. The normalized spacial score (nSPS) is 16.0. The van der Waals surface area contributed by atoms with Crippen LogP contribution in [0.1, 0.15) is 22.6 Å². The Labute approximate surface area is 191 Å². The van der Waals surface area contributed by atoms with Gasteiger partial charge in [0.1, 0.15) is 11.5 Å². The Morgan fingerprint density at radius 2 is 1.72 bits per heavy atom. The van der Waals surface area contributed by atoms with E-state index in [4.69, 9.17) is 26.8 Å². The van der Waals surface area contributed by atoms with E-state index in [0.717, 1.165) is 5.56 Å². The molecule has 1 unspecified atom stereocenters. The summed E-state index contributed by atoms with van der Waals surface area (Å²) in [6, 6.07) is 14.5. The molecule has 0 spiro atoms. The Balaban J connectivity index is 2.48. The van der Waals surface area contributed by atoms with Gasteiger partial charge in [-0.25, -0.2) is 9.59 Å². The number of carbonyl (C=O) groups is 2. The Bertz CT molecular complexity index is 1170. The average molecular weight is 452 g/mol. The van der Waals surface area contributed by atoms with Gasteiger partial charge < -0.3 is 15.2 Å². The van der Waals surface area contributed by atoms with Gasteiger partial charge in [-0.2, -0.15) is 5.26 Å². The van der Waals surface area contributed by atoms with Crippen LogP contribution in [0.3, 0.4) is 0 Å². The number of ether oxygens (including phenoxy) is 2. The minimum atomic E-state index is -0.927. The van der Waals surface area contributed by atoms with E-state index < -0.39 is 17.9 Å². The first-order valence-corrected chi connectivity index (χ1v) is 10.1. The van der Waals surface area contributed by atoms with Crippen molar-refractivity contribution in [2.75, 3.05) is 19.1 Å². The number of nitriles is 1. The highest BCUT2D eigenvalue weighted by Gasteiger charge is 2.43. The van der Waals surface area contributed by atoms with Crippen LogP contribution in [0.4, 0.5) is 5.69 Å². The second kappa shape index (κ2) is 9.16. The van der Waals surface area contributed by atoms with Crippen molar-refractivity contribution in [3.8, 4) is 6.07 Å². The van der Waals surface area contributed by atoms with Gasteiger partial charge in [0.25, 0.3) is 0 Å². The summed E-state index contributed by atoms with van der Waals surface area (Å²) < 4.78 is 10.0. The third-order valence-corrected chi connectivity index (χ3v) is 5.52. The lowest BCUT2D eigenvalue weighted by molar-refractivity contribution is -0.139. The fourth-order valence-electron chi connectivity index (χ4n) is 3.94. The third-order valence-electron chi connectivity index (χ3n) is 5.23. The van der Waals surface area contributed by atoms with Crippen LogP contribution >= 0.6 is 11.6 Å². The molecule has 3 rings (SSSR count). The molecule has 1 atom stereocenters. The van der Waals surface area contributed by atoms with Gasteiger partial charge >= 0.3 is 11.9 Å². The first kappa shape index (κ1) is 22.9. The van der Waals surface area contributed by atoms with Crippen molar-refractivity contribution in [3.63, 3.8) is 0 Å². The largest absolute Gasteiger partial charge is 0.466 e. The maximum Gasteiger partial charge on any atom is 0.355 e. The molecule has 0 bridgehead atoms. The first-order chi connectivity index (χ1) is 15.3. The number of benzene rings is 2. The number of anilines is 1. The monoisotopic (exact) mass is 451 g/mol. The van der Waals surface area contributed by atoms with Crippen LogP contribution < -0.4 is 10.6 Å². The highest BCUT2D eigenvalue weighted by Crippen LogP contribution is 2.45. The maximum atomic E-state index is 13.1. The fourth-order valence-corrected chi connectivity index (χ4v) is 4.34. The molecular formula is C24H22ClN3O4. The van der Waals surface area contributed by atoms with E-state index in [1.165, 1.54) is 19.1 Å². The summed E-state index contributed by atoms with van der Waals surface area (Å²) in [6.45, 7) is 3.67. The average Bonchev–Trinajstić information content (AvgIpc) is 2.78. The summed E-state index contributed by atoms with van der Waals surface area (Å²) in [6.07, 6.45) is 0. The van der Waals surface area contributed by atoms with Gasteiger partial charge in [-0.05, 0) is 36.6 Å². The zero-order valence-electron chi connectivity index (χ0n) is 18.1. The molecule has 7 nitrogen and oxygen atoms in total. The van der Waals surface area contributed by atoms with Crippen LogP contribution in [-0.4, -0.2) is 26.2 Å². The van der Waals surface area contributed by atoms with Crippen LogP contribution in [0.2, 0.25) is 5.02 Å². The van der Waals surface area contributed by atoms with Gasteiger partial charge in [-0.15, -0.1) is 0 Å². The Morgan fingerprint density at radius 1 is 1.09 bits per heavy atom. The van der Waals surface area contributed by atoms with Gasteiger partial charge in [-0.1, -0.05) is 48.0 Å². The molecule has 0 fully saturated rings. The predicted octanol–water partition coefficient (Wildman–Crippen LogP) is 3.85. The summed E-state index contributed by atoms with van der Waals surface area (Å²) in [5, 5.41) is 10.4. The van der Waals surface area contributed by atoms with Gasteiger partial charge in [0.2, 0.25) is 0 Å². The number of rotatable bonds is 4. The molecule has 0 saturated carbocycles. The number of aryl methyl sites for hydroxylation is 2. The quantitative estimate of drug-likeness (QED) is 0.703. The maximum absolute atomic E-state index is 13.1. The van der Waals surface area contributed by atoms with Crippen LogP contribution in [-0.2, 0) is 19.1 Å². The molecule has 1 aliphatic heterocycles. The van der Waals surface area contributed by atoms with Crippen molar-refractivity contribution >= 4 is 29.2 Å². The van der Waals surface area contributed by atoms with E-state index in [1.807, 2.05) is 13.0 Å². The molecular weight excluding hydrogens is 430 g/mol. The Kier molecular flexibility index (Phi) is 6.56. The summed E-state index contributed by atoms with van der Waals surface area (Å²) in [5.41, 5.74) is 8.91. The van der Waals surface area contributed by atoms with E-state index in [-0.39, 0.29) is 22.7 Å². The Morgan fingerprint density at radius 3 is 2.25 bits per heavy atom. The molecule has 0 aromatic heterocycles. The minimum absolute atomic E-state index is 0.0248. The molecule has 2 aromatic carbocycles. The molecule has 0 aliphatic carbocycles. The van der Waals surface area contributed by atoms with Crippen molar-refractivity contribution in [2.24, 2.45) is 5.73 Å². The van der Waals surface area contributed by atoms with Gasteiger partial charge in [0.05, 0.1) is 48.1 Å². The van der Waals surface area contributed by atoms with E-state index in [1.54, 1.807) is 43.3 Å². The number of carbonyl (C=O) groups excluding carboxylic acids is 2. The lowest BCUT2D eigenvalue weighted by Crippen LogP contribution is -2.41. The van der Waals surface area contributed by atoms with Crippen LogP contribution in [0, 0.1) is 25.2 Å². The summed E-state index contributed by atoms with van der Waals surface area (Å²) >= 11 is 6.56. The molecule has 2 aromatic rings. The minimum Gasteiger partial charge on any atom is -0.466 e. The highest BCUT2D eigenvalue weighted by atomic mass is 35.5. The van der Waals surface area contributed by atoms with Crippen LogP contribution in [0.25, 0.3) is 0 Å². The lowest BCUT2D eigenvalue weighted by atomic mass is 9.80. The van der Waals surface area contributed by atoms with Gasteiger partial charge in [-0.3, -0.25) is 4.90 Å². The standard InChI is InChI=1S/C24H22ClN3O4/c1-13-10-14(2)20(17(25)11-13)28-21(24(30)32-4)19(23(29)31-3)18(16(12-26)22(28)27)15-8-6-5-7-9-15/h5-11,18H,27H2,1-4H3. The third kappa shape index (κ3) is 3.81. The van der Waals surface area contributed by atoms with Crippen molar-refractivity contribution < 1.29 is 19.1 Å². The van der Waals surface area contributed by atoms with Gasteiger partial charge in [0.15, 0.2) is 0 Å². The number of hydrogen-bond acceptors (Lipinski definition) is 7. The fraction of sp³-hybridized carbons (Fsp3) is 0.208. The second-order valence-corrected chi connectivity index (χ2v) is 7.65. The number of halogens is 1. The number of hydrogen-bond donors (Lipinski definition) is 1. The topological polar surface area (TPSA) is 106 Å². The van der Waals surface area contributed by atoms with E-state index in [9.17, 15) is 14.9 Å². The molecule has 2 N–H and O–H groups in total. The smallest absolute Gasteiger partial charge is 0.355 e. The SMILES string of the molecule is COC(=O)C1=C(C(=O)OC)N(c2c(C)cc(C)cc2Cl)C(N)=C(C#N)C1c1ccccc1. The number of nitrogens with zero attached hydrogens (tertiary/aromatic N) is 2. The number of nitrogens with two attached hydrogens (primary N) is 1. The summed E-state index contributed by atoms with van der Waals surface area (Å²) in [5.74, 6) is -2.56. The zero-order chi connectivity index (χ0) is 23.6. The highest BCUT2D eigenvalue weighted by molar-refractivity contribution is 6.34. The molecule has 8 heteroatoms. The first-order valence-electron chi connectivity index (χ1n) is 9.69. The number of allylic oxidation sites excluding steroid dienone is 1. The molecule has 1 aliphatic rings. The Hall–Kier alpha value is -3.76. The molecule has 0 amide bonds. The zero-order valence-corrected chi connectivity index (χ0v) is 18.9. The predicted molar refractivity (Wildman–Crippen MR) is 120 cm³/mol. The number of methoxy groups -OCH3 is 2. The van der Waals surface area contributed by atoms with Crippen LogP contribution in [0.15, 0.2) is 65.1 Å². The van der Waals surface area contributed by atoms with Crippen molar-refractivity contribution in [1.82, 2.24) is 0 Å². The van der Waals surface area contributed by atoms with E-state index in [2.05, 4.69) is 6.07 Å². The van der Waals surface area contributed by atoms with Crippen molar-refractivity contribution in [3.05, 3.63) is 86.8 Å².